The smallest absolute Gasteiger partial charge is 0.0761 e. The van der Waals surface area contributed by atoms with Crippen molar-refractivity contribution in [3.8, 4) is 11.3 Å². The van der Waals surface area contributed by atoms with Crippen molar-refractivity contribution in [3.05, 3.63) is 59.2 Å². The maximum absolute atomic E-state index is 4.93. The van der Waals surface area contributed by atoms with Crippen LogP contribution in [0.5, 0.6) is 0 Å². The minimum atomic E-state index is 1.02. The van der Waals surface area contributed by atoms with Gasteiger partial charge in [0, 0.05) is 21.6 Å². The fourth-order valence-electron chi connectivity index (χ4n) is 2.79. The summed E-state index contributed by atoms with van der Waals surface area (Å²) in [6.45, 7) is 4.27. The Morgan fingerprint density at radius 1 is 0.950 bits per heavy atom. The molecule has 2 heteroatoms. The minimum absolute atomic E-state index is 1.02. The number of hydrogen-bond donors (Lipinski definition) is 0. The molecule has 0 N–H and O–H groups in total. The van der Waals surface area contributed by atoms with Crippen LogP contribution in [0.1, 0.15) is 16.7 Å². The second-order valence-electron chi connectivity index (χ2n) is 5.48. The van der Waals surface area contributed by atoms with Gasteiger partial charge in [-0.3, -0.25) is 0 Å². The van der Waals surface area contributed by atoms with Crippen molar-refractivity contribution in [2.24, 2.45) is 0 Å². The zero-order chi connectivity index (χ0) is 13.7. The third-order valence-electron chi connectivity index (χ3n) is 3.82. The van der Waals surface area contributed by atoms with Gasteiger partial charge in [-0.2, -0.15) is 0 Å². The van der Waals surface area contributed by atoms with E-state index in [2.05, 4.69) is 56.3 Å². The molecule has 0 spiro atoms. The second-order valence-corrected chi connectivity index (χ2v) is 6.50. The monoisotopic (exact) mass is 277 g/mol. The van der Waals surface area contributed by atoms with Crippen LogP contribution in [0.2, 0.25) is 0 Å². The fourth-order valence-corrected chi connectivity index (χ4v) is 3.80. The molecule has 3 aromatic rings. The lowest BCUT2D eigenvalue weighted by Crippen LogP contribution is -2.00. The number of nitrogens with zero attached hydrogens (tertiary/aromatic N) is 1. The van der Waals surface area contributed by atoms with Crippen LogP contribution in [0.15, 0.2) is 47.4 Å². The first-order valence-electron chi connectivity index (χ1n) is 6.85. The molecule has 20 heavy (non-hydrogen) atoms. The SMILES string of the molecule is Cc1ccc2c(c1)-c1nc3ccc(C)cc3cc1CS2. The number of benzene rings is 2. The van der Waals surface area contributed by atoms with E-state index in [1.54, 1.807) is 0 Å². The van der Waals surface area contributed by atoms with Gasteiger partial charge in [0.1, 0.15) is 0 Å². The van der Waals surface area contributed by atoms with E-state index in [1.165, 1.54) is 38.2 Å². The van der Waals surface area contributed by atoms with Gasteiger partial charge in [-0.1, -0.05) is 23.3 Å². The van der Waals surface area contributed by atoms with Crippen LogP contribution < -0.4 is 0 Å². The average molecular weight is 277 g/mol. The van der Waals surface area contributed by atoms with Gasteiger partial charge in [0.2, 0.25) is 0 Å². The highest BCUT2D eigenvalue weighted by atomic mass is 32.2. The molecule has 0 unspecified atom stereocenters. The lowest BCUT2D eigenvalue weighted by atomic mass is 10.0. The van der Waals surface area contributed by atoms with Crippen molar-refractivity contribution in [3.63, 3.8) is 0 Å². The van der Waals surface area contributed by atoms with E-state index in [9.17, 15) is 0 Å². The number of fused-ring (bicyclic) bond motifs is 4. The number of pyridine rings is 1. The van der Waals surface area contributed by atoms with Gasteiger partial charge < -0.3 is 0 Å². The predicted molar refractivity (Wildman–Crippen MR) is 86.2 cm³/mol. The maximum atomic E-state index is 4.93. The molecule has 2 aromatic carbocycles. The second kappa shape index (κ2) is 4.35. The lowest BCUT2D eigenvalue weighted by Gasteiger charge is -2.19. The number of rotatable bonds is 0. The lowest BCUT2D eigenvalue weighted by molar-refractivity contribution is 1.23. The molecule has 0 radical (unpaired) electrons. The summed E-state index contributed by atoms with van der Waals surface area (Å²) >= 11 is 1.91. The van der Waals surface area contributed by atoms with E-state index in [0.29, 0.717) is 0 Å². The van der Waals surface area contributed by atoms with E-state index in [0.717, 1.165) is 11.3 Å². The Hall–Kier alpha value is -1.80. The molecular formula is C18H15NS. The normalized spacial score (nSPS) is 13.1. The molecule has 0 saturated heterocycles. The van der Waals surface area contributed by atoms with Gasteiger partial charge in [-0.05, 0) is 49.7 Å². The number of thioether (sulfide) groups is 1. The summed E-state index contributed by atoms with van der Waals surface area (Å²) in [5.41, 5.74) is 7.49. The molecule has 98 valence electrons. The third kappa shape index (κ3) is 1.83. The molecule has 0 atom stereocenters. The molecule has 0 saturated carbocycles. The summed E-state index contributed by atoms with van der Waals surface area (Å²) in [5, 5.41) is 1.25. The van der Waals surface area contributed by atoms with Crippen LogP contribution in [0.25, 0.3) is 22.2 Å². The van der Waals surface area contributed by atoms with E-state index in [-0.39, 0.29) is 0 Å². The Kier molecular flexibility index (Phi) is 2.61. The van der Waals surface area contributed by atoms with E-state index < -0.39 is 0 Å². The van der Waals surface area contributed by atoms with Gasteiger partial charge in [-0.25, -0.2) is 4.98 Å². The predicted octanol–water partition coefficient (Wildman–Crippen LogP) is 5.12. The highest BCUT2D eigenvalue weighted by molar-refractivity contribution is 7.98. The summed E-state index contributed by atoms with van der Waals surface area (Å²) in [6.07, 6.45) is 0. The zero-order valence-electron chi connectivity index (χ0n) is 11.6. The minimum Gasteiger partial charge on any atom is -0.247 e. The van der Waals surface area contributed by atoms with Gasteiger partial charge in [0.25, 0.3) is 0 Å². The van der Waals surface area contributed by atoms with Gasteiger partial charge in [-0.15, -0.1) is 11.8 Å². The van der Waals surface area contributed by atoms with Crippen LogP contribution in [0.3, 0.4) is 0 Å². The van der Waals surface area contributed by atoms with Crippen molar-refractivity contribution in [2.75, 3.05) is 0 Å². The average Bonchev–Trinajstić information content (AvgIpc) is 2.45. The molecular weight excluding hydrogens is 262 g/mol. The Balaban J connectivity index is 2.02. The molecule has 0 bridgehead atoms. The Morgan fingerprint density at radius 2 is 1.75 bits per heavy atom. The Labute approximate surface area is 123 Å². The molecule has 1 aliphatic heterocycles. The first kappa shape index (κ1) is 12.0. The van der Waals surface area contributed by atoms with Crippen LogP contribution >= 0.6 is 11.8 Å². The number of aromatic nitrogens is 1. The van der Waals surface area contributed by atoms with Crippen LogP contribution in [0, 0.1) is 13.8 Å². The highest BCUT2D eigenvalue weighted by Gasteiger charge is 2.18. The van der Waals surface area contributed by atoms with Crippen molar-refractivity contribution >= 4 is 22.7 Å². The van der Waals surface area contributed by atoms with E-state index in [1.807, 2.05) is 11.8 Å². The Morgan fingerprint density at radius 3 is 2.65 bits per heavy atom. The largest absolute Gasteiger partial charge is 0.247 e. The molecule has 0 fully saturated rings. The molecule has 1 nitrogen and oxygen atoms in total. The van der Waals surface area contributed by atoms with Crippen LogP contribution in [-0.2, 0) is 5.75 Å². The van der Waals surface area contributed by atoms with Gasteiger partial charge >= 0.3 is 0 Å². The Bertz CT molecular complexity index is 836. The van der Waals surface area contributed by atoms with Crippen LogP contribution in [-0.4, -0.2) is 4.98 Å². The van der Waals surface area contributed by atoms with E-state index >= 15 is 0 Å². The molecule has 4 rings (SSSR count). The quantitative estimate of drug-likeness (QED) is 0.565. The zero-order valence-corrected chi connectivity index (χ0v) is 12.4. The first-order chi connectivity index (χ1) is 9.70. The van der Waals surface area contributed by atoms with E-state index in [4.69, 9.17) is 4.98 Å². The standard InChI is InChI=1S/C18H15NS/c1-11-3-5-16-13(7-11)9-14-10-20-17-6-4-12(2)8-15(17)18(14)19-16/h3-9H,10H2,1-2H3. The molecule has 0 aliphatic carbocycles. The molecule has 2 heterocycles. The first-order valence-corrected chi connectivity index (χ1v) is 7.83. The maximum Gasteiger partial charge on any atom is 0.0761 e. The summed E-state index contributed by atoms with van der Waals surface area (Å²) in [7, 11) is 0. The fraction of sp³-hybridized carbons (Fsp3) is 0.167. The number of hydrogen-bond acceptors (Lipinski definition) is 2. The molecule has 1 aliphatic rings. The highest BCUT2D eigenvalue weighted by Crippen LogP contribution is 2.41. The van der Waals surface area contributed by atoms with Crippen molar-refractivity contribution in [1.82, 2.24) is 4.98 Å². The van der Waals surface area contributed by atoms with Crippen LogP contribution in [0.4, 0.5) is 0 Å². The van der Waals surface area contributed by atoms with Gasteiger partial charge in [0.05, 0.1) is 11.2 Å². The van der Waals surface area contributed by atoms with Gasteiger partial charge in [0.15, 0.2) is 0 Å². The summed E-state index contributed by atoms with van der Waals surface area (Å²) in [5.74, 6) is 1.02. The topological polar surface area (TPSA) is 12.9 Å². The van der Waals surface area contributed by atoms with Crippen molar-refractivity contribution in [1.29, 1.82) is 0 Å². The summed E-state index contributed by atoms with van der Waals surface area (Å²) in [6, 6.07) is 15.5. The summed E-state index contributed by atoms with van der Waals surface area (Å²) < 4.78 is 0. The number of aryl methyl sites for hydroxylation is 2. The third-order valence-corrected chi connectivity index (χ3v) is 4.94. The van der Waals surface area contributed by atoms with Crippen molar-refractivity contribution < 1.29 is 0 Å². The molecule has 0 amide bonds. The van der Waals surface area contributed by atoms with Crippen molar-refractivity contribution in [2.45, 2.75) is 24.5 Å². The molecule has 1 aromatic heterocycles. The summed E-state index contributed by atoms with van der Waals surface area (Å²) in [4.78, 5) is 6.28.